The van der Waals surface area contributed by atoms with Crippen molar-refractivity contribution < 1.29 is 9.53 Å². The largest absolute Gasteiger partial charge is 0.373 e. The Morgan fingerprint density at radius 2 is 2.31 bits per heavy atom. The fourth-order valence-electron chi connectivity index (χ4n) is 2.29. The molecule has 2 fully saturated rings. The van der Waals surface area contributed by atoms with Gasteiger partial charge >= 0.3 is 0 Å². The number of nitrogens with zero attached hydrogens (tertiary/aromatic N) is 1. The molecule has 1 saturated heterocycles. The van der Waals surface area contributed by atoms with E-state index in [-0.39, 0.29) is 12.1 Å². The smallest absolute Gasteiger partial charge is 0.223 e. The number of ether oxygens (including phenoxy) is 1. The van der Waals surface area contributed by atoms with Gasteiger partial charge in [-0.2, -0.15) is 0 Å². The SMILES string of the molecule is CC(N)C1CN(C(=O)CC2CCC2)CCO1. The maximum Gasteiger partial charge on any atom is 0.223 e. The molecule has 2 unspecified atom stereocenters. The molecule has 0 aromatic heterocycles. The second-order valence-corrected chi connectivity index (χ2v) is 5.11. The van der Waals surface area contributed by atoms with Crippen LogP contribution in [0, 0.1) is 5.92 Å². The molecule has 0 spiro atoms. The summed E-state index contributed by atoms with van der Waals surface area (Å²) in [4.78, 5) is 13.9. The highest BCUT2D eigenvalue weighted by atomic mass is 16.5. The molecule has 1 aliphatic heterocycles. The second kappa shape index (κ2) is 5.15. The molecule has 4 nitrogen and oxygen atoms in total. The van der Waals surface area contributed by atoms with Crippen LogP contribution in [-0.4, -0.2) is 42.6 Å². The van der Waals surface area contributed by atoms with Gasteiger partial charge in [0.1, 0.15) is 0 Å². The fourth-order valence-corrected chi connectivity index (χ4v) is 2.29. The first-order valence-electron chi connectivity index (χ1n) is 6.32. The number of hydrogen-bond acceptors (Lipinski definition) is 3. The molecular weight excluding hydrogens is 204 g/mol. The maximum atomic E-state index is 12.0. The standard InChI is InChI=1S/C12H22N2O2/c1-9(13)11-8-14(5-6-16-11)12(15)7-10-3-2-4-10/h9-11H,2-8,13H2,1H3. The van der Waals surface area contributed by atoms with Crippen molar-refractivity contribution >= 4 is 5.91 Å². The Kier molecular flexibility index (Phi) is 3.82. The molecule has 0 radical (unpaired) electrons. The number of rotatable bonds is 3. The Hall–Kier alpha value is -0.610. The van der Waals surface area contributed by atoms with Gasteiger partial charge in [-0.05, 0) is 25.7 Å². The van der Waals surface area contributed by atoms with Crippen LogP contribution in [0.4, 0.5) is 0 Å². The first kappa shape index (κ1) is 11.9. The summed E-state index contributed by atoms with van der Waals surface area (Å²) >= 11 is 0. The molecule has 0 aromatic rings. The van der Waals surface area contributed by atoms with Crippen LogP contribution in [0.15, 0.2) is 0 Å². The Morgan fingerprint density at radius 1 is 1.56 bits per heavy atom. The van der Waals surface area contributed by atoms with Crippen molar-refractivity contribution in [3.63, 3.8) is 0 Å². The molecule has 2 N–H and O–H groups in total. The van der Waals surface area contributed by atoms with Crippen LogP contribution in [-0.2, 0) is 9.53 Å². The van der Waals surface area contributed by atoms with Crippen molar-refractivity contribution in [2.75, 3.05) is 19.7 Å². The molecule has 1 aliphatic carbocycles. The average Bonchev–Trinajstić information content (AvgIpc) is 2.23. The minimum atomic E-state index is -0.000646. The second-order valence-electron chi connectivity index (χ2n) is 5.11. The van der Waals surface area contributed by atoms with Gasteiger partial charge < -0.3 is 15.4 Å². The number of morpholine rings is 1. The van der Waals surface area contributed by atoms with Gasteiger partial charge in [0.15, 0.2) is 0 Å². The fraction of sp³-hybridized carbons (Fsp3) is 0.917. The maximum absolute atomic E-state index is 12.0. The van der Waals surface area contributed by atoms with Gasteiger partial charge in [0.2, 0.25) is 5.91 Å². The van der Waals surface area contributed by atoms with Gasteiger partial charge in [-0.15, -0.1) is 0 Å². The zero-order valence-corrected chi connectivity index (χ0v) is 10.0. The third-order valence-corrected chi connectivity index (χ3v) is 3.72. The molecule has 2 aliphatic rings. The van der Waals surface area contributed by atoms with E-state index >= 15 is 0 Å². The van der Waals surface area contributed by atoms with E-state index in [1.807, 2.05) is 11.8 Å². The van der Waals surface area contributed by atoms with Crippen molar-refractivity contribution in [2.24, 2.45) is 11.7 Å². The molecule has 92 valence electrons. The normalized spacial score (nSPS) is 28.6. The Bertz CT molecular complexity index is 251. The monoisotopic (exact) mass is 226 g/mol. The van der Waals surface area contributed by atoms with E-state index in [1.54, 1.807) is 0 Å². The zero-order chi connectivity index (χ0) is 11.5. The van der Waals surface area contributed by atoms with Crippen molar-refractivity contribution in [3.8, 4) is 0 Å². The average molecular weight is 226 g/mol. The number of hydrogen-bond donors (Lipinski definition) is 1. The summed E-state index contributed by atoms with van der Waals surface area (Å²) in [5, 5.41) is 0. The highest BCUT2D eigenvalue weighted by Crippen LogP contribution is 2.30. The molecular formula is C12H22N2O2. The number of carbonyl (C=O) groups is 1. The summed E-state index contributed by atoms with van der Waals surface area (Å²) in [7, 11) is 0. The topological polar surface area (TPSA) is 55.6 Å². The highest BCUT2D eigenvalue weighted by Gasteiger charge is 2.29. The number of amides is 1. The molecule has 0 aromatic carbocycles. The Morgan fingerprint density at radius 3 is 2.88 bits per heavy atom. The van der Waals surface area contributed by atoms with Gasteiger partial charge in [0.05, 0.1) is 12.7 Å². The molecule has 1 saturated carbocycles. The lowest BCUT2D eigenvalue weighted by atomic mass is 9.82. The van der Waals surface area contributed by atoms with Gasteiger partial charge in [-0.1, -0.05) is 6.42 Å². The van der Waals surface area contributed by atoms with Crippen molar-refractivity contribution in [1.29, 1.82) is 0 Å². The molecule has 0 bridgehead atoms. The number of carbonyl (C=O) groups excluding carboxylic acids is 1. The van der Waals surface area contributed by atoms with Crippen LogP contribution < -0.4 is 5.73 Å². The van der Waals surface area contributed by atoms with E-state index in [4.69, 9.17) is 10.5 Å². The molecule has 4 heteroatoms. The summed E-state index contributed by atoms with van der Waals surface area (Å²) in [5.41, 5.74) is 5.81. The van der Waals surface area contributed by atoms with Crippen LogP contribution in [0.5, 0.6) is 0 Å². The third-order valence-electron chi connectivity index (χ3n) is 3.72. The lowest BCUT2D eigenvalue weighted by Gasteiger charge is -2.36. The summed E-state index contributed by atoms with van der Waals surface area (Å²) in [6.07, 6.45) is 4.49. The summed E-state index contributed by atoms with van der Waals surface area (Å²) in [5.74, 6) is 0.933. The van der Waals surface area contributed by atoms with Gasteiger partial charge in [-0.3, -0.25) is 4.79 Å². The zero-order valence-electron chi connectivity index (χ0n) is 10.0. The molecule has 2 atom stereocenters. The quantitative estimate of drug-likeness (QED) is 0.772. The van der Waals surface area contributed by atoms with Crippen LogP contribution in [0.3, 0.4) is 0 Å². The van der Waals surface area contributed by atoms with Gasteiger partial charge in [-0.25, -0.2) is 0 Å². The van der Waals surface area contributed by atoms with Crippen LogP contribution in [0.25, 0.3) is 0 Å². The lowest BCUT2D eigenvalue weighted by molar-refractivity contribution is -0.141. The van der Waals surface area contributed by atoms with Crippen molar-refractivity contribution in [2.45, 2.75) is 44.8 Å². The van der Waals surface area contributed by atoms with E-state index in [0.29, 0.717) is 25.0 Å². The van der Waals surface area contributed by atoms with Crippen LogP contribution in [0.2, 0.25) is 0 Å². The number of nitrogens with two attached hydrogens (primary N) is 1. The van der Waals surface area contributed by atoms with Crippen molar-refractivity contribution in [1.82, 2.24) is 4.90 Å². The van der Waals surface area contributed by atoms with Gasteiger partial charge in [0, 0.05) is 25.6 Å². The minimum absolute atomic E-state index is 0.000646. The van der Waals surface area contributed by atoms with E-state index < -0.39 is 0 Å². The first-order valence-corrected chi connectivity index (χ1v) is 6.32. The third kappa shape index (κ3) is 2.74. The lowest BCUT2D eigenvalue weighted by Crippen LogP contribution is -2.51. The molecule has 1 heterocycles. The summed E-state index contributed by atoms with van der Waals surface area (Å²) in [6.45, 7) is 3.96. The van der Waals surface area contributed by atoms with Crippen molar-refractivity contribution in [3.05, 3.63) is 0 Å². The van der Waals surface area contributed by atoms with E-state index in [2.05, 4.69) is 0 Å². The van der Waals surface area contributed by atoms with Crippen LogP contribution in [0.1, 0.15) is 32.6 Å². The highest BCUT2D eigenvalue weighted by molar-refractivity contribution is 5.76. The Labute approximate surface area is 97.1 Å². The first-order chi connectivity index (χ1) is 7.66. The predicted molar refractivity (Wildman–Crippen MR) is 61.9 cm³/mol. The van der Waals surface area contributed by atoms with Crippen LogP contribution >= 0.6 is 0 Å². The van der Waals surface area contributed by atoms with E-state index in [1.165, 1.54) is 19.3 Å². The predicted octanol–water partition coefficient (Wildman–Crippen LogP) is 0.751. The molecule has 16 heavy (non-hydrogen) atoms. The Balaban J connectivity index is 1.80. The molecule has 1 amide bonds. The summed E-state index contributed by atoms with van der Waals surface area (Å²) in [6, 6.07) is -0.000646. The summed E-state index contributed by atoms with van der Waals surface area (Å²) < 4.78 is 5.55. The van der Waals surface area contributed by atoms with E-state index in [9.17, 15) is 4.79 Å². The molecule has 2 rings (SSSR count). The van der Waals surface area contributed by atoms with Gasteiger partial charge in [0.25, 0.3) is 0 Å². The minimum Gasteiger partial charge on any atom is -0.373 e. The van der Waals surface area contributed by atoms with E-state index in [0.717, 1.165) is 13.0 Å².